The molecule has 44 heavy (non-hydrogen) atoms. The highest BCUT2D eigenvalue weighted by Gasteiger charge is 2.36. The van der Waals surface area contributed by atoms with Gasteiger partial charge >= 0.3 is 5.63 Å². The van der Waals surface area contributed by atoms with Crippen molar-refractivity contribution in [3.63, 3.8) is 0 Å². The predicted molar refractivity (Wildman–Crippen MR) is 160 cm³/mol. The van der Waals surface area contributed by atoms with Gasteiger partial charge in [-0.1, -0.05) is 12.1 Å². The van der Waals surface area contributed by atoms with Crippen molar-refractivity contribution in [2.75, 3.05) is 41.0 Å². The Kier molecular flexibility index (Phi) is 8.98. The first kappa shape index (κ1) is 30.7. The molecule has 0 saturated carbocycles. The summed E-state index contributed by atoms with van der Waals surface area (Å²) >= 11 is 0. The Morgan fingerprint density at radius 3 is 2.52 bits per heavy atom. The summed E-state index contributed by atoms with van der Waals surface area (Å²) in [6.45, 7) is 3.30. The normalized spacial score (nSPS) is 17.8. The molecule has 12 nitrogen and oxygen atoms in total. The van der Waals surface area contributed by atoms with Gasteiger partial charge in [0.15, 0.2) is 11.5 Å². The van der Waals surface area contributed by atoms with Gasteiger partial charge in [0.05, 0.1) is 26.9 Å². The molecule has 3 atom stereocenters. The predicted octanol–water partition coefficient (Wildman–Crippen LogP) is 2.52. The van der Waals surface area contributed by atoms with E-state index in [1.165, 1.54) is 34.3 Å². The third-order valence-electron chi connectivity index (χ3n) is 8.43. The maximum Gasteiger partial charge on any atom is 0.343 e. The van der Waals surface area contributed by atoms with Crippen LogP contribution in [0.25, 0.3) is 0 Å². The van der Waals surface area contributed by atoms with E-state index in [0.29, 0.717) is 30.9 Å². The molecule has 234 valence electrons. The first-order valence-corrected chi connectivity index (χ1v) is 14.5. The summed E-state index contributed by atoms with van der Waals surface area (Å²) in [6.07, 6.45) is 0.778. The Balaban J connectivity index is 1.30. The van der Waals surface area contributed by atoms with Gasteiger partial charge in [0.1, 0.15) is 11.5 Å². The third-order valence-corrected chi connectivity index (χ3v) is 8.43. The molecule has 4 heterocycles. The highest BCUT2D eigenvalue weighted by atomic mass is 16.5. The second-order valence-corrected chi connectivity index (χ2v) is 11.2. The molecule has 5 rings (SSSR count). The Hall–Kier alpha value is -4.74. The zero-order chi connectivity index (χ0) is 31.5. The second kappa shape index (κ2) is 12.9. The van der Waals surface area contributed by atoms with Crippen molar-refractivity contribution in [3.8, 4) is 23.0 Å². The van der Waals surface area contributed by atoms with E-state index in [1.54, 1.807) is 24.3 Å². The zero-order valence-electron chi connectivity index (χ0n) is 25.3. The fourth-order valence-electron chi connectivity index (χ4n) is 6.52. The molecule has 1 fully saturated rings. The largest absolute Gasteiger partial charge is 0.507 e. The van der Waals surface area contributed by atoms with E-state index >= 15 is 0 Å². The number of aromatic nitrogens is 1. The molecular weight excluding hydrogens is 570 g/mol. The van der Waals surface area contributed by atoms with Crippen molar-refractivity contribution in [2.24, 2.45) is 5.92 Å². The topological polar surface area (TPSA) is 150 Å². The number of carbonyl (C=O) groups excluding carboxylic acids is 2. The number of hydrogen-bond acceptors (Lipinski definition) is 9. The minimum Gasteiger partial charge on any atom is -0.507 e. The highest BCUT2D eigenvalue weighted by molar-refractivity contribution is 5.80. The number of methoxy groups -OCH3 is 3. The number of hydrogen-bond donors (Lipinski definition) is 2. The van der Waals surface area contributed by atoms with E-state index in [2.05, 4.69) is 5.32 Å². The average molecular weight is 608 g/mol. The van der Waals surface area contributed by atoms with E-state index in [9.17, 15) is 24.3 Å². The van der Waals surface area contributed by atoms with Gasteiger partial charge in [-0.15, -0.1) is 0 Å². The van der Waals surface area contributed by atoms with Crippen LogP contribution in [0.2, 0.25) is 0 Å². The lowest BCUT2D eigenvalue weighted by Crippen LogP contribution is -2.49. The number of rotatable bonds is 10. The molecule has 2 aromatic heterocycles. The molecule has 2 amide bonds. The van der Waals surface area contributed by atoms with Crippen molar-refractivity contribution < 1.29 is 33.3 Å². The summed E-state index contributed by atoms with van der Waals surface area (Å²) in [5, 5.41) is 13.6. The van der Waals surface area contributed by atoms with E-state index in [1.807, 2.05) is 15.5 Å². The molecular formula is C32H37N3O9. The number of carbonyl (C=O) groups is 2. The molecule has 3 unspecified atom stereocenters. The summed E-state index contributed by atoms with van der Waals surface area (Å²) < 4.78 is 23.6. The average Bonchev–Trinajstić information content (AvgIpc) is 2.99. The molecule has 1 aromatic carbocycles. The highest BCUT2D eigenvalue weighted by Crippen LogP contribution is 2.46. The van der Waals surface area contributed by atoms with Gasteiger partial charge in [-0.3, -0.25) is 14.4 Å². The summed E-state index contributed by atoms with van der Waals surface area (Å²) in [5.41, 5.74) is 0.459. The summed E-state index contributed by atoms with van der Waals surface area (Å²) in [4.78, 5) is 53.5. The summed E-state index contributed by atoms with van der Waals surface area (Å²) in [6, 6.07) is 9.85. The second-order valence-electron chi connectivity index (χ2n) is 11.2. The van der Waals surface area contributed by atoms with Crippen LogP contribution in [0.15, 0.2) is 50.4 Å². The molecule has 2 aliphatic heterocycles. The number of piperidine rings is 1. The fourth-order valence-corrected chi connectivity index (χ4v) is 6.52. The van der Waals surface area contributed by atoms with Crippen molar-refractivity contribution in [3.05, 3.63) is 79.8 Å². The van der Waals surface area contributed by atoms with Gasteiger partial charge in [-0.25, -0.2) is 4.79 Å². The van der Waals surface area contributed by atoms with Crippen LogP contribution >= 0.6 is 0 Å². The van der Waals surface area contributed by atoms with Gasteiger partial charge in [0, 0.05) is 74.2 Å². The number of ether oxygens (including phenoxy) is 3. The van der Waals surface area contributed by atoms with Crippen LogP contribution in [-0.4, -0.2) is 67.4 Å². The lowest BCUT2D eigenvalue weighted by Gasteiger charge is -2.42. The van der Waals surface area contributed by atoms with Crippen LogP contribution in [0.5, 0.6) is 23.0 Å². The van der Waals surface area contributed by atoms with E-state index in [-0.39, 0.29) is 71.3 Å². The summed E-state index contributed by atoms with van der Waals surface area (Å²) in [7, 11) is 4.33. The minimum atomic E-state index is -0.970. The molecule has 0 radical (unpaired) electrons. The lowest BCUT2D eigenvalue weighted by molar-refractivity contribution is -0.134. The number of nitrogens with zero attached hydrogens (tertiary/aromatic N) is 2. The van der Waals surface area contributed by atoms with Crippen LogP contribution in [0.3, 0.4) is 0 Å². The third kappa shape index (κ3) is 6.01. The standard InChI is InChI=1S/C32H37N3O9/c1-18-12-24(36)29(32(40)44-18)22(21-8-9-25(41-2)31(43-4)30(21)42-3)14-26(37)33-11-10-27(38)34-15-19-13-20(17-34)23-6-5-7-28(39)35(23)16-19/h5-9,12,19-20,22,36H,10-11,13-17H2,1-4H3,(H,33,37). The Morgan fingerprint density at radius 1 is 1.05 bits per heavy atom. The lowest BCUT2D eigenvalue weighted by atomic mass is 9.83. The SMILES string of the molecule is COc1ccc(C(CC(=O)NCCC(=O)N2CC3CC(C2)c2cccc(=O)n2C3)c2c(O)cc(C)oc2=O)c(OC)c1OC. The fraction of sp³-hybridized carbons (Fsp3) is 0.438. The van der Waals surface area contributed by atoms with E-state index in [4.69, 9.17) is 18.6 Å². The first-order chi connectivity index (χ1) is 21.1. The Morgan fingerprint density at radius 2 is 1.82 bits per heavy atom. The van der Waals surface area contributed by atoms with Crippen LogP contribution in [0.1, 0.15) is 53.7 Å². The maximum absolute atomic E-state index is 13.3. The van der Waals surface area contributed by atoms with Gasteiger partial charge < -0.3 is 38.5 Å². The van der Waals surface area contributed by atoms with E-state index in [0.717, 1.165) is 12.1 Å². The van der Waals surface area contributed by atoms with Gasteiger partial charge in [0.25, 0.3) is 5.56 Å². The number of aryl methyl sites for hydroxylation is 1. The monoisotopic (exact) mass is 607 g/mol. The molecule has 2 aliphatic rings. The van der Waals surface area contributed by atoms with Crippen molar-refractivity contribution in [1.82, 2.24) is 14.8 Å². The molecule has 0 spiro atoms. The van der Waals surface area contributed by atoms with Crippen molar-refractivity contribution in [2.45, 2.75) is 44.6 Å². The summed E-state index contributed by atoms with van der Waals surface area (Å²) in [5.74, 6) is -0.416. The molecule has 2 N–H and O–H groups in total. The van der Waals surface area contributed by atoms with Gasteiger partial charge in [-0.05, 0) is 31.4 Å². The molecule has 1 saturated heterocycles. The van der Waals surface area contributed by atoms with Crippen LogP contribution in [-0.2, 0) is 16.1 Å². The number of benzene rings is 1. The molecule has 0 aliphatic carbocycles. The van der Waals surface area contributed by atoms with Crippen LogP contribution in [0, 0.1) is 12.8 Å². The number of aromatic hydroxyl groups is 1. The molecule has 2 bridgehead atoms. The number of pyridine rings is 1. The number of fused-ring (bicyclic) bond motifs is 4. The number of nitrogens with one attached hydrogen (secondary N) is 1. The number of amides is 2. The first-order valence-electron chi connectivity index (χ1n) is 14.5. The van der Waals surface area contributed by atoms with E-state index < -0.39 is 17.5 Å². The van der Waals surface area contributed by atoms with Gasteiger partial charge in [-0.2, -0.15) is 0 Å². The molecule has 3 aromatic rings. The van der Waals surface area contributed by atoms with Crippen molar-refractivity contribution >= 4 is 11.8 Å². The van der Waals surface area contributed by atoms with Crippen molar-refractivity contribution in [1.29, 1.82) is 0 Å². The smallest absolute Gasteiger partial charge is 0.343 e. The Labute approximate surface area is 254 Å². The molecule has 12 heteroatoms. The Bertz CT molecular complexity index is 1680. The van der Waals surface area contributed by atoms with Crippen LogP contribution in [0.4, 0.5) is 0 Å². The minimum absolute atomic E-state index is 0.0135. The zero-order valence-corrected chi connectivity index (χ0v) is 25.3. The maximum atomic E-state index is 13.3. The number of likely N-dealkylation sites (tertiary alicyclic amines) is 1. The van der Waals surface area contributed by atoms with Crippen LogP contribution < -0.4 is 30.7 Å². The van der Waals surface area contributed by atoms with Gasteiger partial charge in [0.2, 0.25) is 17.6 Å². The quantitative estimate of drug-likeness (QED) is 0.355.